The zero-order valence-electron chi connectivity index (χ0n) is 16.4. The number of ether oxygens (including phenoxy) is 1. The average Bonchev–Trinajstić information content (AvgIpc) is 2.70. The molecule has 0 unspecified atom stereocenters. The molecule has 1 aromatic carbocycles. The Kier molecular flexibility index (Phi) is 5.08. The number of amides is 1. The summed E-state index contributed by atoms with van der Waals surface area (Å²) in [6, 6.07) is 11.9. The van der Waals surface area contributed by atoms with E-state index in [9.17, 15) is 9.90 Å². The van der Waals surface area contributed by atoms with E-state index in [2.05, 4.69) is 22.4 Å². The number of β-amino-alcohol motifs (C(OH)–C–C–N with tert-alkyl or cyclic N) is 1. The number of likely N-dealkylation sites (tertiary alicyclic amines) is 1. The minimum Gasteiger partial charge on any atom is -0.477 e. The highest BCUT2D eigenvalue weighted by Crippen LogP contribution is 2.33. The molecule has 4 rings (SSSR count). The van der Waals surface area contributed by atoms with E-state index in [1.807, 2.05) is 32.0 Å². The zero-order chi connectivity index (χ0) is 19.7. The molecule has 1 aromatic heterocycles. The summed E-state index contributed by atoms with van der Waals surface area (Å²) in [7, 11) is 0. The van der Waals surface area contributed by atoms with Crippen LogP contribution in [-0.2, 0) is 13.0 Å². The van der Waals surface area contributed by atoms with Crippen LogP contribution in [0.5, 0.6) is 5.88 Å². The highest BCUT2D eigenvalue weighted by Gasteiger charge is 2.45. The first-order valence-electron chi connectivity index (χ1n) is 9.92. The summed E-state index contributed by atoms with van der Waals surface area (Å²) in [6.07, 6.45) is 0.854. The molecule has 2 aromatic rings. The normalized spacial score (nSPS) is 24.1. The summed E-state index contributed by atoms with van der Waals surface area (Å²) in [5.41, 5.74) is 3.45. The van der Waals surface area contributed by atoms with Gasteiger partial charge < -0.3 is 20.1 Å². The fraction of sp³-hybridized carbons (Fsp3) is 0.455. The molecule has 2 N–H and O–H groups in total. The maximum Gasteiger partial charge on any atom is 0.259 e. The second kappa shape index (κ2) is 7.53. The van der Waals surface area contributed by atoms with Crippen molar-refractivity contribution in [1.29, 1.82) is 0 Å². The van der Waals surface area contributed by atoms with Crippen molar-refractivity contribution < 1.29 is 14.6 Å². The molecular formula is C22H27N3O3. The minimum atomic E-state index is -0.632. The van der Waals surface area contributed by atoms with Gasteiger partial charge in [-0.25, -0.2) is 4.98 Å². The lowest BCUT2D eigenvalue weighted by molar-refractivity contribution is -0.0139. The van der Waals surface area contributed by atoms with E-state index in [1.54, 1.807) is 11.0 Å². The lowest BCUT2D eigenvalue weighted by Crippen LogP contribution is -2.65. The number of nitrogens with one attached hydrogen (secondary N) is 1. The summed E-state index contributed by atoms with van der Waals surface area (Å²) in [5, 5.41) is 14.5. The molecule has 0 saturated carbocycles. The molecule has 6 heteroatoms. The van der Waals surface area contributed by atoms with Crippen LogP contribution in [0.1, 0.15) is 40.5 Å². The van der Waals surface area contributed by atoms with Crippen molar-refractivity contribution in [3.8, 4) is 5.88 Å². The maximum atomic E-state index is 13.1. The smallest absolute Gasteiger partial charge is 0.259 e. The number of carbonyl (C=O) groups excluding carboxylic acids is 1. The predicted octanol–water partition coefficient (Wildman–Crippen LogP) is 2.08. The van der Waals surface area contributed by atoms with Crippen LogP contribution in [0.4, 0.5) is 0 Å². The number of piperidine rings is 1. The molecule has 2 aliphatic heterocycles. The van der Waals surface area contributed by atoms with Crippen LogP contribution in [-0.4, -0.2) is 52.2 Å². The molecule has 0 radical (unpaired) electrons. The fourth-order valence-electron chi connectivity index (χ4n) is 4.26. The quantitative estimate of drug-likeness (QED) is 0.852. The highest BCUT2D eigenvalue weighted by atomic mass is 16.5. The van der Waals surface area contributed by atoms with Crippen LogP contribution >= 0.6 is 0 Å². The van der Waals surface area contributed by atoms with E-state index in [1.165, 1.54) is 11.1 Å². The van der Waals surface area contributed by atoms with E-state index in [4.69, 9.17) is 4.74 Å². The van der Waals surface area contributed by atoms with E-state index >= 15 is 0 Å². The standard InChI is InChI=1S/C22H27N3O3/c1-3-28-20-18(9-8-15(2)24-20)21(27)25-11-10-22(19(26)14-25)12-16-6-4-5-7-17(16)13-23-22/h4-9,19,23,26H,3,10-14H2,1-2H3/t19-,22+/m1/s1. The number of benzene rings is 1. The third-order valence-electron chi connectivity index (χ3n) is 5.91. The van der Waals surface area contributed by atoms with Gasteiger partial charge in [-0.05, 0) is 49.9 Å². The summed E-state index contributed by atoms with van der Waals surface area (Å²) in [5.74, 6) is 0.230. The van der Waals surface area contributed by atoms with Gasteiger partial charge in [-0.3, -0.25) is 4.79 Å². The monoisotopic (exact) mass is 381 g/mol. The molecule has 2 atom stereocenters. The summed E-state index contributed by atoms with van der Waals surface area (Å²) in [6.45, 7) is 5.83. The molecule has 2 aliphatic rings. The Bertz CT molecular complexity index is 885. The molecule has 3 heterocycles. The van der Waals surface area contributed by atoms with Gasteiger partial charge in [-0.1, -0.05) is 24.3 Å². The van der Waals surface area contributed by atoms with Crippen molar-refractivity contribution >= 4 is 5.91 Å². The number of aryl methyl sites for hydroxylation is 1. The third kappa shape index (κ3) is 3.38. The van der Waals surface area contributed by atoms with Crippen molar-refractivity contribution in [3.05, 3.63) is 58.8 Å². The lowest BCUT2D eigenvalue weighted by Gasteiger charge is -2.48. The molecule has 148 valence electrons. The number of rotatable bonds is 3. The highest BCUT2D eigenvalue weighted by molar-refractivity contribution is 5.96. The molecule has 0 bridgehead atoms. The van der Waals surface area contributed by atoms with Gasteiger partial charge in [0.25, 0.3) is 5.91 Å². The van der Waals surface area contributed by atoms with Crippen molar-refractivity contribution in [2.24, 2.45) is 0 Å². The van der Waals surface area contributed by atoms with Crippen LogP contribution in [0.2, 0.25) is 0 Å². The summed E-state index contributed by atoms with van der Waals surface area (Å²) >= 11 is 0. The van der Waals surface area contributed by atoms with E-state index in [0.29, 0.717) is 37.6 Å². The Balaban J connectivity index is 1.51. The first-order valence-corrected chi connectivity index (χ1v) is 9.92. The van der Waals surface area contributed by atoms with Crippen LogP contribution in [0.3, 0.4) is 0 Å². The van der Waals surface area contributed by atoms with Gasteiger partial charge in [0.2, 0.25) is 5.88 Å². The van der Waals surface area contributed by atoms with Crippen molar-refractivity contribution in [2.45, 2.75) is 44.9 Å². The SMILES string of the molecule is CCOc1nc(C)ccc1C(=O)N1CC[C@]2(Cc3ccccc3CN2)[C@H](O)C1. The topological polar surface area (TPSA) is 74.7 Å². The molecule has 1 saturated heterocycles. The van der Waals surface area contributed by atoms with E-state index in [0.717, 1.165) is 18.7 Å². The summed E-state index contributed by atoms with van der Waals surface area (Å²) < 4.78 is 5.57. The molecule has 1 spiro atoms. The zero-order valence-corrected chi connectivity index (χ0v) is 16.4. The van der Waals surface area contributed by atoms with Crippen molar-refractivity contribution in [1.82, 2.24) is 15.2 Å². The number of aromatic nitrogens is 1. The van der Waals surface area contributed by atoms with Crippen LogP contribution in [0, 0.1) is 6.92 Å². The minimum absolute atomic E-state index is 0.138. The Morgan fingerprint density at radius 3 is 2.86 bits per heavy atom. The number of fused-ring (bicyclic) bond motifs is 1. The van der Waals surface area contributed by atoms with Crippen LogP contribution < -0.4 is 10.1 Å². The molecule has 0 aliphatic carbocycles. The number of carbonyl (C=O) groups is 1. The van der Waals surface area contributed by atoms with Gasteiger partial charge >= 0.3 is 0 Å². The fourth-order valence-corrected chi connectivity index (χ4v) is 4.26. The molecule has 1 amide bonds. The number of pyridine rings is 1. The third-order valence-corrected chi connectivity index (χ3v) is 5.91. The van der Waals surface area contributed by atoms with Crippen molar-refractivity contribution in [2.75, 3.05) is 19.7 Å². The largest absolute Gasteiger partial charge is 0.477 e. The van der Waals surface area contributed by atoms with Gasteiger partial charge in [-0.15, -0.1) is 0 Å². The van der Waals surface area contributed by atoms with E-state index in [-0.39, 0.29) is 11.4 Å². The summed E-state index contributed by atoms with van der Waals surface area (Å²) in [4.78, 5) is 19.2. The number of aliphatic hydroxyl groups excluding tert-OH is 1. The van der Waals surface area contributed by atoms with Gasteiger partial charge in [0.05, 0.1) is 18.2 Å². The Morgan fingerprint density at radius 2 is 2.11 bits per heavy atom. The number of nitrogens with zero attached hydrogens (tertiary/aromatic N) is 2. The van der Waals surface area contributed by atoms with E-state index < -0.39 is 6.10 Å². The second-order valence-electron chi connectivity index (χ2n) is 7.71. The molecule has 1 fully saturated rings. The predicted molar refractivity (Wildman–Crippen MR) is 106 cm³/mol. The number of hydrogen-bond donors (Lipinski definition) is 2. The Hall–Kier alpha value is -2.44. The molecular weight excluding hydrogens is 354 g/mol. The number of aliphatic hydroxyl groups is 1. The van der Waals surface area contributed by atoms with Crippen LogP contribution in [0.15, 0.2) is 36.4 Å². The lowest BCUT2D eigenvalue weighted by atomic mass is 9.76. The maximum absolute atomic E-state index is 13.1. The van der Waals surface area contributed by atoms with Gasteiger partial charge in [0.15, 0.2) is 0 Å². The van der Waals surface area contributed by atoms with Gasteiger partial charge in [0.1, 0.15) is 5.56 Å². The van der Waals surface area contributed by atoms with Crippen molar-refractivity contribution in [3.63, 3.8) is 0 Å². The number of hydrogen-bond acceptors (Lipinski definition) is 5. The van der Waals surface area contributed by atoms with Gasteiger partial charge in [0, 0.05) is 25.3 Å². The molecule has 28 heavy (non-hydrogen) atoms. The molecule has 6 nitrogen and oxygen atoms in total. The Morgan fingerprint density at radius 1 is 1.32 bits per heavy atom. The second-order valence-corrected chi connectivity index (χ2v) is 7.71. The average molecular weight is 381 g/mol. The Labute approximate surface area is 165 Å². The van der Waals surface area contributed by atoms with Crippen LogP contribution in [0.25, 0.3) is 0 Å². The first kappa shape index (κ1) is 18.9. The first-order chi connectivity index (χ1) is 13.5. The van der Waals surface area contributed by atoms with Gasteiger partial charge in [-0.2, -0.15) is 0 Å².